The number of benzene rings is 2. The van der Waals surface area contributed by atoms with Crippen LogP contribution in [0.3, 0.4) is 0 Å². The predicted octanol–water partition coefficient (Wildman–Crippen LogP) is 4.53. The van der Waals surface area contributed by atoms with E-state index in [1.54, 1.807) is 6.26 Å². The molecule has 2 heteroatoms. The first-order valence-electron chi connectivity index (χ1n) is 5.42. The number of hydrogen-bond acceptors (Lipinski definition) is 1. The van der Waals surface area contributed by atoms with E-state index < -0.39 is 0 Å². The topological polar surface area (TPSA) is 9.23 Å². The van der Waals surface area contributed by atoms with Crippen molar-refractivity contribution in [3.8, 4) is 0 Å². The maximum atomic E-state index is 5.80. The van der Waals surface area contributed by atoms with Gasteiger partial charge in [-0.3, -0.25) is 0 Å². The van der Waals surface area contributed by atoms with Gasteiger partial charge in [-0.15, -0.1) is 0 Å². The molecule has 86 valence electrons. The first-order chi connectivity index (χ1) is 8.34. The van der Waals surface area contributed by atoms with Gasteiger partial charge in [0.15, 0.2) is 0 Å². The third-order valence-electron chi connectivity index (χ3n) is 2.32. The van der Waals surface area contributed by atoms with E-state index in [-0.39, 0.29) is 0 Å². The van der Waals surface area contributed by atoms with Gasteiger partial charge in [0.2, 0.25) is 0 Å². The summed E-state index contributed by atoms with van der Waals surface area (Å²) < 4.78 is 5.44. The van der Waals surface area contributed by atoms with Crippen LogP contribution in [0.15, 0.2) is 60.9 Å². The molecule has 0 spiro atoms. The summed E-state index contributed by atoms with van der Waals surface area (Å²) in [4.78, 5) is 0. The van der Waals surface area contributed by atoms with Crippen molar-refractivity contribution in [3.63, 3.8) is 0 Å². The van der Waals surface area contributed by atoms with E-state index in [2.05, 4.69) is 0 Å². The standard InChI is InChI=1S/C15H13ClO/c16-15-8-6-13(7-9-15)10-11-17-12-14-4-2-1-3-5-14/h1-11H,12H2. The van der Waals surface area contributed by atoms with Crippen molar-refractivity contribution in [1.82, 2.24) is 0 Å². The molecular weight excluding hydrogens is 232 g/mol. The Morgan fingerprint density at radius 3 is 2.35 bits per heavy atom. The van der Waals surface area contributed by atoms with E-state index in [1.165, 1.54) is 0 Å². The van der Waals surface area contributed by atoms with Crippen molar-refractivity contribution in [3.05, 3.63) is 77.0 Å². The van der Waals surface area contributed by atoms with E-state index in [4.69, 9.17) is 16.3 Å². The van der Waals surface area contributed by atoms with Gasteiger partial charge in [-0.25, -0.2) is 0 Å². The summed E-state index contributed by atoms with van der Waals surface area (Å²) in [6.45, 7) is 0.588. The highest BCUT2D eigenvalue weighted by Crippen LogP contribution is 2.10. The van der Waals surface area contributed by atoms with Crippen molar-refractivity contribution in [2.24, 2.45) is 0 Å². The van der Waals surface area contributed by atoms with Gasteiger partial charge in [0.25, 0.3) is 0 Å². The maximum absolute atomic E-state index is 5.80. The minimum Gasteiger partial charge on any atom is -0.496 e. The molecule has 0 saturated carbocycles. The van der Waals surface area contributed by atoms with Crippen LogP contribution < -0.4 is 0 Å². The molecule has 2 rings (SSSR count). The van der Waals surface area contributed by atoms with Gasteiger partial charge < -0.3 is 4.74 Å². The van der Waals surface area contributed by atoms with Gasteiger partial charge in [-0.05, 0) is 29.3 Å². The smallest absolute Gasteiger partial charge is 0.112 e. The maximum Gasteiger partial charge on any atom is 0.112 e. The Morgan fingerprint density at radius 1 is 0.941 bits per heavy atom. The molecule has 0 aliphatic rings. The highest BCUT2D eigenvalue weighted by Gasteiger charge is 1.89. The van der Waals surface area contributed by atoms with Crippen molar-refractivity contribution >= 4 is 17.7 Å². The van der Waals surface area contributed by atoms with Gasteiger partial charge in [-0.1, -0.05) is 54.1 Å². The third-order valence-corrected chi connectivity index (χ3v) is 2.57. The van der Waals surface area contributed by atoms with Crippen molar-refractivity contribution in [1.29, 1.82) is 0 Å². The molecule has 0 amide bonds. The van der Waals surface area contributed by atoms with E-state index in [9.17, 15) is 0 Å². The van der Waals surface area contributed by atoms with Crippen LogP contribution in [0.4, 0.5) is 0 Å². The molecule has 0 aromatic heterocycles. The lowest BCUT2D eigenvalue weighted by Gasteiger charge is -2.00. The summed E-state index contributed by atoms with van der Waals surface area (Å²) in [5, 5.41) is 0.743. The third kappa shape index (κ3) is 3.97. The molecule has 0 fully saturated rings. The Balaban J connectivity index is 1.84. The molecule has 1 nitrogen and oxygen atoms in total. The monoisotopic (exact) mass is 244 g/mol. The lowest BCUT2D eigenvalue weighted by molar-refractivity contribution is 0.239. The van der Waals surface area contributed by atoms with Crippen LogP contribution in [-0.4, -0.2) is 0 Å². The normalized spacial score (nSPS) is 10.6. The molecule has 0 N–H and O–H groups in total. The van der Waals surface area contributed by atoms with E-state index in [0.717, 1.165) is 16.1 Å². The zero-order chi connectivity index (χ0) is 11.9. The minimum absolute atomic E-state index is 0.588. The zero-order valence-electron chi connectivity index (χ0n) is 9.34. The second-order valence-corrected chi connectivity index (χ2v) is 4.09. The second-order valence-electron chi connectivity index (χ2n) is 3.65. The van der Waals surface area contributed by atoms with Crippen LogP contribution in [0.2, 0.25) is 5.02 Å². The van der Waals surface area contributed by atoms with Crippen molar-refractivity contribution < 1.29 is 4.74 Å². The number of ether oxygens (including phenoxy) is 1. The van der Waals surface area contributed by atoms with Crippen molar-refractivity contribution in [2.75, 3.05) is 0 Å². The lowest BCUT2D eigenvalue weighted by Crippen LogP contribution is -1.84. The molecule has 0 aliphatic carbocycles. The van der Waals surface area contributed by atoms with Crippen LogP contribution in [0, 0.1) is 0 Å². The highest BCUT2D eigenvalue weighted by molar-refractivity contribution is 6.30. The Kier molecular flexibility index (Phi) is 4.23. The minimum atomic E-state index is 0.588. The quantitative estimate of drug-likeness (QED) is 0.718. The summed E-state index contributed by atoms with van der Waals surface area (Å²) in [7, 11) is 0. The van der Waals surface area contributed by atoms with Crippen LogP contribution in [0.25, 0.3) is 6.08 Å². The van der Waals surface area contributed by atoms with Crippen LogP contribution in [0.5, 0.6) is 0 Å². The predicted molar refractivity (Wildman–Crippen MR) is 71.7 cm³/mol. The van der Waals surface area contributed by atoms with Gasteiger partial charge in [-0.2, -0.15) is 0 Å². The fourth-order valence-corrected chi connectivity index (χ4v) is 1.55. The lowest BCUT2D eigenvalue weighted by atomic mass is 10.2. The van der Waals surface area contributed by atoms with Gasteiger partial charge in [0.05, 0.1) is 6.26 Å². The molecule has 0 heterocycles. The Morgan fingerprint density at radius 2 is 1.65 bits per heavy atom. The average Bonchev–Trinajstić information content (AvgIpc) is 2.38. The number of halogens is 1. The van der Waals surface area contributed by atoms with Crippen LogP contribution in [0.1, 0.15) is 11.1 Å². The summed E-state index contributed by atoms with van der Waals surface area (Å²) in [5.74, 6) is 0. The molecule has 0 atom stereocenters. The molecule has 0 aliphatic heterocycles. The van der Waals surface area contributed by atoms with Crippen LogP contribution >= 0.6 is 11.6 Å². The summed E-state index contributed by atoms with van der Waals surface area (Å²) in [6.07, 6.45) is 3.62. The SMILES string of the molecule is Clc1ccc(C=COCc2ccccc2)cc1. The van der Waals surface area contributed by atoms with E-state index in [1.807, 2.05) is 60.7 Å². The molecule has 0 unspecified atom stereocenters. The van der Waals surface area contributed by atoms with Gasteiger partial charge in [0.1, 0.15) is 6.61 Å². The van der Waals surface area contributed by atoms with Crippen molar-refractivity contribution in [2.45, 2.75) is 6.61 Å². The molecule has 0 bridgehead atoms. The van der Waals surface area contributed by atoms with Gasteiger partial charge in [0, 0.05) is 5.02 Å². The van der Waals surface area contributed by atoms with Crippen LogP contribution in [-0.2, 0) is 11.3 Å². The number of hydrogen-bond donors (Lipinski definition) is 0. The first kappa shape index (κ1) is 11.7. The fraction of sp³-hybridized carbons (Fsp3) is 0.0667. The summed E-state index contributed by atoms with van der Waals surface area (Å²) in [6, 6.07) is 17.7. The molecule has 17 heavy (non-hydrogen) atoms. The molecule has 0 saturated heterocycles. The first-order valence-corrected chi connectivity index (χ1v) is 5.80. The Bertz CT molecular complexity index is 474. The summed E-state index contributed by atoms with van der Waals surface area (Å²) >= 11 is 5.80. The molecule has 0 radical (unpaired) electrons. The van der Waals surface area contributed by atoms with E-state index >= 15 is 0 Å². The second kappa shape index (κ2) is 6.12. The fourth-order valence-electron chi connectivity index (χ4n) is 1.42. The Hall–Kier alpha value is -1.73. The average molecular weight is 245 g/mol. The zero-order valence-corrected chi connectivity index (χ0v) is 10.1. The summed E-state index contributed by atoms with van der Waals surface area (Å²) in [5.41, 5.74) is 2.23. The number of rotatable bonds is 4. The molecule has 2 aromatic rings. The molecule has 2 aromatic carbocycles. The van der Waals surface area contributed by atoms with Gasteiger partial charge >= 0.3 is 0 Å². The largest absolute Gasteiger partial charge is 0.496 e. The van der Waals surface area contributed by atoms with E-state index in [0.29, 0.717) is 6.61 Å². The Labute approximate surface area is 106 Å². The highest BCUT2D eigenvalue weighted by atomic mass is 35.5. The molecular formula is C15H13ClO.